The van der Waals surface area contributed by atoms with Crippen LogP contribution in [0.3, 0.4) is 0 Å². The van der Waals surface area contributed by atoms with Gasteiger partial charge in [-0.05, 0) is 48.9 Å². The Morgan fingerprint density at radius 1 is 1.47 bits per heavy atom. The molecule has 0 unspecified atom stereocenters. The number of hydrogen-bond donors (Lipinski definition) is 1. The van der Waals surface area contributed by atoms with Crippen LogP contribution in [0.5, 0.6) is 0 Å². The van der Waals surface area contributed by atoms with E-state index in [4.69, 9.17) is 0 Å². The van der Waals surface area contributed by atoms with Crippen LogP contribution in [0.4, 0.5) is 0 Å². The van der Waals surface area contributed by atoms with E-state index in [1.165, 1.54) is 12.8 Å². The molecule has 0 saturated heterocycles. The van der Waals surface area contributed by atoms with Crippen molar-refractivity contribution in [3.63, 3.8) is 0 Å². The highest BCUT2D eigenvalue weighted by atomic mass is 79.9. The molecule has 5 heteroatoms. The molecule has 1 aliphatic carbocycles. The number of aromatic nitrogens is 1. The standard InChI is InChI=1S/C14H22BrN3O/c1-17(2)14(6-4-5-7-14)10-16-13(19)12-8-11(15)9-18(12)3/h8-9H,4-7,10H2,1-3H3,(H,16,19). The van der Waals surface area contributed by atoms with Crippen molar-refractivity contribution in [2.45, 2.75) is 31.2 Å². The lowest BCUT2D eigenvalue weighted by Crippen LogP contribution is -2.51. The lowest BCUT2D eigenvalue weighted by molar-refractivity contribution is 0.0892. The van der Waals surface area contributed by atoms with E-state index in [2.05, 4.69) is 40.2 Å². The topological polar surface area (TPSA) is 37.3 Å². The summed E-state index contributed by atoms with van der Waals surface area (Å²) in [5.74, 6) is 0.00123. The molecule has 1 saturated carbocycles. The third kappa shape index (κ3) is 3.03. The number of carbonyl (C=O) groups is 1. The van der Waals surface area contributed by atoms with Gasteiger partial charge in [0.2, 0.25) is 0 Å². The minimum Gasteiger partial charge on any atom is -0.349 e. The summed E-state index contributed by atoms with van der Waals surface area (Å²) in [5.41, 5.74) is 0.830. The fourth-order valence-corrected chi connectivity index (χ4v) is 3.42. The number of aryl methyl sites for hydroxylation is 1. The molecule has 0 bridgehead atoms. The predicted octanol–water partition coefficient (Wildman–Crippen LogP) is 2.39. The van der Waals surface area contributed by atoms with Crippen molar-refractivity contribution in [2.75, 3.05) is 20.6 Å². The first-order chi connectivity index (χ1) is 8.94. The summed E-state index contributed by atoms with van der Waals surface area (Å²) >= 11 is 3.39. The maximum absolute atomic E-state index is 12.2. The quantitative estimate of drug-likeness (QED) is 0.921. The summed E-state index contributed by atoms with van der Waals surface area (Å²) in [6.45, 7) is 0.724. The van der Waals surface area contributed by atoms with Crippen molar-refractivity contribution >= 4 is 21.8 Å². The van der Waals surface area contributed by atoms with Crippen LogP contribution in [0.15, 0.2) is 16.7 Å². The van der Waals surface area contributed by atoms with Gasteiger partial charge in [0, 0.05) is 29.8 Å². The highest BCUT2D eigenvalue weighted by Gasteiger charge is 2.36. The Hall–Kier alpha value is -0.810. The summed E-state index contributed by atoms with van der Waals surface area (Å²) in [4.78, 5) is 14.5. The van der Waals surface area contributed by atoms with Crippen molar-refractivity contribution in [1.29, 1.82) is 0 Å². The van der Waals surface area contributed by atoms with Crippen molar-refractivity contribution in [2.24, 2.45) is 7.05 Å². The molecule has 1 amide bonds. The summed E-state index contributed by atoms with van der Waals surface area (Å²) in [6, 6.07) is 1.85. The van der Waals surface area contributed by atoms with Crippen LogP contribution < -0.4 is 5.32 Å². The van der Waals surface area contributed by atoms with Crippen molar-refractivity contribution < 1.29 is 4.79 Å². The van der Waals surface area contributed by atoms with Gasteiger partial charge >= 0.3 is 0 Å². The maximum atomic E-state index is 12.2. The van der Waals surface area contributed by atoms with Crippen LogP contribution >= 0.6 is 15.9 Å². The molecular weight excluding hydrogens is 306 g/mol. The Labute approximate surface area is 123 Å². The third-order valence-corrected chi connectivity index (χ3v) is 4.70. The average Bonchev–Trinajstić information content (AvgIpc) is 2.94. The zero-order valence-electron chi connectivity index (χ0n) is 11.9. The SMILES string of the molecule is CN(C)C1(CNC(=O)c2cc(Br)cn2C)CCCC1. The molecule has 19 heavy (non-hydrogen) atoms. The minimum atomic E-state index is 0.00123. The molecule has 106 valence electrons. The van der Waals surface area contributed by atoms with Gasteiger partial charge in [0.25, 0.3) is 5.91 Å². The molecule has 1 heterocycles. The Morgan fingerprint density at radius 2 is 2.11 bits per heavy atom. The Bertz CT molecular complexity index is 461. The number of carbonyl (C=O) groups excluding carboxylic acids is 1. The smallest absolute Gasteiger partial charge is 0.268 e. The highest BCUT2D eigenvalue weighted by Crippen LogP contribution is 2.33. The fourth-order valence-electron chi connectivity index (χ4n) is 2.90. The van der Waals surface area contributed by atoms with Gasteiger partial charge in [-0.3, -0.25) is 4.79 Å². The molecule has 1 aromatic rings. The van der Waals surface area contributed by atoms with Gasteiger partial charge in [-0.25, -0.2) is 0 Å². The molecule has 1 fully saturated rings. The number of hydrogen-bond acceptors (Lipinski definition) is 2. The van der Waals surface area contributed by atoms with E-state index in [-0.39, 0.29) is 11.4 Å². The predicted molar refractivity (Wildman–Crippen MR) is 80.3 cm³/mol. The molecule has 0 atom stereocenters. The van der Waals surface area contributed by atoms with E-state index in [0.29, 0.717) is 5.69 Å². The Balaban J connectivity index is 2.02. The normalized spacial score (nSPS) is 17.9. The molecule has 0 spiro atoms. The molecule has 1 N–H and O–H groups in total. The number of amides is 1. The van der Waals surface area contributed by atoms with E-state index in [9.17, 15) is 4.79 Å². The summed E-state index contributed by atoms with van der Waals surface area (Å²) in [6.07, 6.45) is 6.73. The molecule has 4 nitrogen and oxygen atoms in total. The zero-order chi connectivity index (χ0) is 14.0. The number of nitrogens with zero attached hydrogens (tertiary/aromatic N) is 2. The van der Waals surface area contributed by atoms with E-state index in [1.54, 1.807) is 0 Å². The van der Waals surface area contributed by atoms with Gasteiger partial charge in [0.05, 0.1) is 0 Å². The van der Waals surface area contributed by atoms with E-state index in [0.717, 1.165) is 23.9 Å². The van der Waals surface area contributed by atoms with Crippen LogP contribution in [-0.2, 0) is 7.05 Å². The molecule has 2 rings (SSSR count). The lowest BCUT2D eigenvalue weighted by Gasteiger charge is -2.36. The van der Waals surface area contributed by atoms with Gasteiger partial charge < -0.3 is 14.8 Å². The largest absolute Gasteiger partial charge is 0.349 e. The van der Waals surface area contributed by atoms with Crippen molar-refractivity contribution in [3.8, 4) is 0 Å². The lowest BCUT2D eigenvalue weighted by atomic mass is 9.96. The van der Waals surface area contributed by atoms with Gasteiger partial charge in [0.15, 0.2) is 0 Å². The molecular formula is C14H22BrN3O. The second-order valence-corrected chi connectivity index (χ2v) is 6.58. The number of likely N-dealkylation sites (N-methyl/N-ethyl adjacent to an activating group) is 1. The first kappa shape index (κ1) is 14.6. The summed E-state index contributed by atoms with van der Waals surface area (Å²) < 4.78 is 2.78. The average molecular weight is 328 g/mol. The van der Waals surface area contributed by atoms with Gasteiger partial charge in [0.1, 0.15) is 5.69 Å². The highest BCUT2D eigenvalue weighted by molar-refractivity contribution is 9.10. The number of rotatable bonds is 4. The summed E-state index contributed by atoms with van der Waals surface area (Å²) in [5, 5.41) is 3.09. The molecule has 0 aliphatic heterocycles. The Kier molecular flexibility index (Phi) is 4.36. The van der Waals surface area contributed by atoms with Crippen molar-refractivity contribution in [1.82, 2.24) is 14.8 Å². The van der Waals surface area contributed by atoms with E-state index < -0.39 is 0 Å². The first-order valence-electron chi connectivity index (χ1n) is 6.72. The van der Waals surface area contributed by atoms with Gasteiger partial charge in [-0.15, -0.1) is 0 Å². The van der Waals surface area contributed by atoms with Crippen LogP contribution in [0.2, 0.25) is 0 Å². The molecule has 1 aromatic heterocycles. The second kappa shape index (κ2) is 5.67. The summed E-state index contributed by atoms with van der Waals surface area (Å²) in [7, 11) is 6.10. The number of halogens is 1. The molecule has 0 radical (unpaired) electrons. The van der Waals surface area contributed by atoms with Gasteiger partial charge in [-0.2, -0.15) is 0 Å². The van der Waals surface area contributed by atoms with Crippen LogP contribution in [-0.4, -0.2) is 41.6 Å². The Morgan fingerprint density at radius 3 is 2.58 bits per heavy atom. The van der Waals surface area contributed by atoms with Crippen molar-refractivity contribution in [3.05, 3.63) is 22.4 Å². The van der Waals surface area contributed by atoms with Crippen LogP contribution in [0.25, 0.3) is 0 Å². The molecule has 0 aromatic carbocycles. The fraction of sp³-hybridized carbons (Fsp3) is 0.643. The number of nitrogens with one attached hydrogen (secondary N) is 1. The van der Waals surface area contributed by atoms with Crippen LogP contribution in [0.1, 0.15) is 36.2 Å². The second-order valence-electron chi connectivity index (χ2n) is 5.66. The van der Waals surface area contributed by atoms with E-state index in [1.807, 2.05) is 23.9 Å². The van der Waals surface area contributed by atoms with Gasteiger partial charge in [-0.1, -0.05) is 12.8 Å². The zero-order valence-corrected chi connectivity index (χ0v) is 13.5. The maximum Gasteiger partial charge on any atom is 0.268 e. The van der Waals surface area contributed by atoms with Crippen LogP contribution in [0, 0.1) is 0 Å². The molecule has 1 aliphatic rings. The van der Waals surface area contributed by atoms with E-state index >= 15 is 0 Å². The first-order valence-corrected chi connectivity index (χ1v) is 7.51. The third-order valence-electron chi connectivity index (χ3n) is 4.27. The monoisotopic (exact) mass is 327 g/mol. The minimum absolute atomic E-state index is 0.00123.